The molecule has 0 unspecified atom stereocenters. The van der Waals surface area contributed by atoms with E-state index in [4.69, 9.17) is 27.9 Å². The van der Waals surface area contributed by atoms with Crippen LogP contribution in [-0.2, 0) is 0 Å². The zero-order chi connectivity index (χ0) is 10.6. The minimum atomic E-state index is 0.565. The number of halogens is 3. The minimum Gasteiger partial charge on any atom is -0.492 e. The van der Waals surface area contributed by atoms with E-state index < -0.39 is 0 Å². The smallest absolute Gasteiger partial charge is 0.138 e. The van der Waals surface area contributed by atoms with Crippen LogP contribution in [0, 0.1) is 6.92 Å². The largest absolute Gasteiger partial charge is 0.492 e. The number of benzene rings is 1. The number of hydrogen-bond acceptors (Lipinski definition) is 1. The fourth-order valence-electron chi connectivity index (χ4n) is 0.978. The standard InChI is InChI=1S/C10H11BrCl2O/c1-7-5-10(14-4-2-3-11)9(13)6-8(7)12/h5-6H,2-4H2,1H3. The van der Waals surface area contributed by atoms with Crippen molar-refractivity contribution in [2.45, 2.75) is 13.3 Å². The van der Waals surface area contributed by atoms with Crippen molar-refractivity contribution in [3.63, 3.8) is 0 Å². The molecule has 0 aliphatic carbocycles. The Labute approximate surface area is 102 Å². The highest BCUT2D eigenvalue weighted by Gasteiger charge is 2.05. The van der Waals surface area contributed by atoms with Crippen LogP contribution < -0.4 is 4.74 Å². The molecule has 0 aliphatic rings. The lowest BCUT2D eigenvalue weighted by atomic mass is 10.2. The van der Waals surface area contributed by atoms with Gasteiger partial charge in [0, 0.05) is 10.4 Å². The maximum Gasteiger partial charge on any atom is 0.138 e. The average Bonchev–Trinajstić information content (AvgIpc) is 2.14. The van der Waals surface area contributed by atoms with Crippen LogP contribution in [0.3, 0.4) is 0 Å². The van der Waals surface area contributed by atoms with Gasteiger partial charge in [0.2, 0.25) is 0 Å². The van der Waals surface area contributed by atoms with Crippen molar-refractivity contribution < 1.29 is 4.74 Å². The summed E-state index contributed by atoms with van der Waals surface area (Å²) >= 11 is 15.2. The monoisotopic (exact) mass is 296 g/mol. The Hall–Kier alpha value is 0.0800. The molecule has 0 heterocycles. The molecule has 4 heteroatoms. The second kappa shape index (κ2) is 5.84. The van der Waals surface area contributed by atoms with Crippen LogP contribution in [0.25, 0.3) is 0 Å². The van der Waals surface area contributed by atoms with Gasteiger partial charge in [-0.15, -0.1) is 0 Å². The Morgan fingerprint density at radius 2 is 2.00 bits per heavy atom. The molecule has 0 aliphatic heterocycles. The van der Waals surface area contributed by atoms with E-state index in [9.17, 15) is 0 Å². The van der Waals surface area contributed by atoms with Gasteiger partial charge in [0.1, 0.15) is 5.75 Å². The molecule has 0 atom stereocenters. The van der Waals surface area contributed by atoms with Crippen LogP contribution in [0.2, 0.25) is 10.0 Å². The summed E-state index contributed by atoms with van der Waals surface area (Å²) in [5.74, 6) is 0.703. The van der Waals surface area contributed by atoms with E-state index in [0.717, 1.165) is 17.3 Å². The van der Waals surface area contributed by atoms with Gasteiger partial charge in [-0.05, 0) is 31.0 Å². The van der Waals surface area contributed by atoms with Crippen LogP contribution in [0.5, 0.6) is 5.75 Å². The van der Waals surface area contributed by atoms with Crippen molar-refractivity contribution in [3.05, 3.63) is 27.7 Å². The lowest BCUT2D eigenvalue weighted by Gasteiger charge is -2.08. The fraction of sp³-hybridized carbons (Fsp3) is 0.400. The van der Waals surface area contributed by atoms with Gasteiger partial charge in [-0.25, -0.2) is 0 Å². The molecule has 0 bridgehead atoms. The van der Waals surface area contributed by atoms with E-state index in [2.05, 4.69) is 15.9 Å². The topological polar surface area (TPSA) is 9.23 Å². The molecule has 0 N–H and O–H groups in total. The predicted molar refractivity (Wildman–Crippen MR) is 65.1 cm³/mol. The third kappa shape index (κ3) is 3.34. The summed E-state index contributed by atoms with van der Waals surface area (Å²) in [6, 6.07) is 3.57. The van der Waals surface area contributed by atoms with Crippen molar-refractivity contribution in [3.8, 4) is 5.75 Å². The quantitative estimate of drug-likeness (QED) is 0.589. The first-order valence-corrected chi connectivity index (χ1v) is 6.17. The summed E-state index contributed by atoms with van der Waals surface area (Å²) in [4.78, 5) is 0. The summed E-state index contributed by atoms with van der Waals surface area (Å²) in [5.41, 5.74) is 0.977. The Morgan fingerprint density at radius 3 is 2.64 bits per heavy atom. The van der Waals surface area contributed by atoms with E-state index in [1.807, 2.05) is 13.0 Å². The molecule has 1 aromatic rings. The lowest BCUT2D eigenvalue weighted by Crippen LogP contribution is -1.98. The Balaban J connectivity index is 2.72. The Morgan fingerprint density at radius 1 is 1.29 bits per heavy atom. The fourth-order valence-corrected chi connectivity index (χ4v) is 1.64. The molecule has 78 valence electrons. The van der Waals surface area contributed by atoms with Crippen LogP contribution >= 0.6 is 39.1 Å². The van der Waals surface area contributed by atoms with E-state index in [-0.39, 0.29) is 0 Å². The summed E-state index contributed by atoms with van der Waals surface area (Å²) in [5, 5.41) is 2.16. The molecular weight excluding hydrogens is 287 g/mol. The molecular formula is C10H11BrCl2O. The van der Waals surface area contributed by atoms with Crippen molar-refractivity contribution in [1.29, 1.82) is 0 Å². The van der Waals surface area contributed by atoms with Gasteiger partial charge in [0.05, 0.1) is 11.6 Å². The zero-order valence-corrected chi connectivity index (χ0v) is 10.9. The second-order valence-corrected chi connectivity index (χ2v) is 4.53. The normalized spacial score (nSPS) is 10.3. The molecule has 0 aromatic heterocycles. The van der Waals surface area contributed by atoms with Gasteiger partial charge < -0.3 is 4.74 Å². The molecule has 0 fully saturated rings. The van der Waals surface area contributed by atoms with Crippen molar-refractivity contribution >= 4 is 39.1 Å². The maximum atomic E-state index is 5.96. The SMILES string of the molecule is Cc1cc(OCCCBr)c(Cl)cc1Cl. The highest BCUT2D eigenvalue weighted by molar-refractivity contribution is 9.09. The van der Waals surface area contributed by atoms with Crippen molar-refractivity contribution in [2.24, 2.45) is 0 Å². The zero-order valence-electron chi connectivity index (χ0n) is 7.82. The first-order valence-electron chi connectivity index (χ1n) is 4.29. The molecule has 1 aromatic carbocycles. The third-order valence-corrected chi connectivity index (χ3v) is 3.01. The van der Waals surface area contributed by atoms with Gasteiger partial charge >= 0.3 is 0 Å². The molecule has 0 amide bonds. The van der Waals surface area contributed by atoms with E-state index in [1.54, 1.807) is 6.07 Å². The van der Waals surface area contributed by atoms with Crippen molar-refractivity contribution in [1.82, 2.24) is 0 Å². The van der Waals surface area contributed by atoms with Crippen LogP contribution in [0.4, 0.5) is 0 Å². The van der Waals surface area contributed by atoms with Gasteiger partial charge in [-0.3, -0.25) is 0 Å². The molecule has 1 nitrogen and oxygen atoms in total. The molecule has 0 saturated carbocycles. The van der Waals surface area contributed by atoms with Gasteiger partial charge in [0.15, 0.2) is 0 Å². The molecule has 0 spiro atoms. The number of aryl methyl sites for hydroxylation is 1. The van der Waals surface area contributed by atoms with Crippen molar-refractivity contribution in [2.75, 3.05) is 11.9 Å². The predicted octanol–water partition coefficient (Wildman–Crippen LogP) is 4.47. The molecule has 14 heavy (non-hydrogen) atoms. The first-order chi connectivity index (χ1) is 6.65. The second-order valence-electron chi connectivity index (χ2n) is 2.92. The van der Waals surface area contributed by atoms with E-state index >= 15 is 0 Å². The summed E-state index contributed by atoms with van der Waals surface area (Å²) in [6.45, 7) is 2.59. The van der Waals surface area contributed by atoms with Gasteiger partial charge in [0.25, 0.3) is 0 Å². The summed E-state index contributed by atoms with van der Waals surface area (Å²) < 4.78 is 5.49. The van der Waals surface area contributed by atoms with Gasteiger partial charge in [-0.2, -0.15) is 0 Å². The number of ether oxygens (including phenoxy) is 1. The van der Waals surface area contributed by atoms with Gasteiger partial charge in [-0.1, -0.05) is 39.1 Å². The Kier molecular flexibility index (Phi) is 5.07. The average molecular weight is 298 g/mol. The highest BCUT2D eigenvalue weighted by atomic mass is 79.9. The highest BCUT2D eigenvalue weighted by Crippen LogP contribution is 2.30. The number of rotatable bonds is 4. The number of hydrogen-bond donors (Lipinski definition) is 0. The van der Waals surface area contributed by atoms with Crippen LogP contribution in [-0.4, -0.2) is 11.9 Å². The van der Waals surface area contributed by atoms with E-state index in [1.165, 1.54) is 0 Å². The van der Waals surface area contributed by atoms with E-state index in [0.29, 0.717) is 22.4 Å². The number of alkyl halides is 1. The van der Waals surface area contributed by atoms with Crippen LogP contribution in [0.1, 0.15) is 12.0 Å². The first kappa shape index (κ1) is 12.2. The lowest BCUT2D eigenvalue weighted by molar-refractivity contribution is 0.319. The van der Waals surface area contributed by atoms with Crippen LogP contribution in [0.15, 0.2) is 12.1 Å². The third-order valence-electron chi connectivity index (χ3n) is 1.75. The molecule has 0 radical (unpaired) electrons. The molecule has 0 saturated heterocycles. The maximum absolute atomic E-state index is 5.96. The summed E-state index contributed by atoms with van der Waals surface area (Å²) in [7, 11) is 0. The minimum absolute atomic E-state index is 0.565. The molecule has 1 rings (SSSR count). The Bertz CT molecular complexity index is 315. The summed E-state index contributed by atoms with van der Waals surface area (Å²) in [6.07, 6.45) is 0.956.